The Labute approximate surface area is 52.8 Å². The minimum atomic E-state index is -1.63. The second kappa shape index (κ2) is 1.36. The van der Waals surface area contributed by atoms with Gasteiger partial charge in [-0.3, -0.25) is 0 Å². The Morgan fingerprint density at radius 1 is 1.62 bits per heavy atom. The molecule has 1 fully saturated rings. The first-order valence-corrected chi connectivity index (χ1v) is 2.85. The fourth-order valence-electron chi connectivity index (χ4n) is 0.470. The molecular formula is C5H8ClFO. The minimum absolute atomic E-state index is 0.0154. The first-order valence-electron chi connectivity index (χ1n) is 2.47. The van der Waals surface area contributed by atoms with E-state index >= 15 is 0 Å². The molecule has 48 valence electrons. The molecular weight excluding hydrogens is 131 g/mol. The van der Waals surface area contributed by atoms with Crippen LogP contribution in [-0.4, -0.2) is 17.3 Å². The van der Waals surface area contributed by atoms with Gasteiger partial charge in [0.2, 0.25) is 5.13 Å². The molecule has 0 N–H and O–H groups in total. The highest BCUT2D eigenvalue weighted by Crippen LogP contribution is 2.42. The van der Waals surface area contributed by atoms with E-state index in [1.54, 1.807) is 13.8 Å². The molecule has 1 atom stereocenters. The van der Waals surface area contributed by atoms with Crippen LogP contribution in [0, 0.1) is 0 Å². The smallest absolute Gasteiger partial charge is 0.234 e. The molecule has 1 saturated heterocycles. The zero-order chi connectivity index (χ0) is 6.41. The largest absolute Gasteiger partial charge is 0.366 e. The standard InChI is InChI=1S/C5H8ClFO/c1-4(2)5(6,7)3-8-4/h3H2,1-2H3. The first-order chi connectivity index (χ1) is 3.46. The SMILES string of the molecule is CC1(C)OCC1(F)Cl. The monoisotopic (exact) mass is 138 g/mol. The molecule has 0 aromatic heterocycles. The van der Waals surface area contributed by atoms with Gasteiger partial charge < -0.3 is 4.74 Å². The van der Waals surface area contributed by atoms with Crippen molar-refractivity contribution in [2.45, 2.75) is 24.6 Å². The molecule has 3 heteroatoms. The van der Waals surface area contributed by atoms with Crippen molar-refractivity contribution in [3.63, 3.8) is 0 Å². The molecule has 1 heterocycles. The van der Waals surface area contributed by atoms with Crippen LogP contribution in [0.4, 0.5) is 4.39 Å². The summed E-state index contributed by atoms with van der Waals surface area (Å²) in [7, 11) is 0. The van der Waals surface area contributed by atoms with Gasteiger partial charge in [0, 0.05) is 0 Å². The van der Waals surface area contributed by atoms with Gasteiger partial charge in [-0.2, -0.15) is 0 Å². The minimum Gasteiger partial charge on any atom is -0.366 e. The van der Waals surface area contributed by atoms with Crippen molar-refractivity contribution in [1.82, 2.24) is 0 Å². The summed E-state index contributed by atoms with van der Waals surface area (Å²) in [5.74, 6) is 0. The molecule has 0 saturated carbocycles. The second-order valence-electron chi connectivity index (χ2n) is 2.50. The Hall–Kier alpha value is 0.180. The van der Waals surface area contributed by atoms with Crippen molar-refractivity contribution in [3.05, 3.63) is 0 Å². The summed E-state index contributed by atoms with van der Waals surface area (Å²) in [6.07, 6.45) is 0. The topological polar surface area (TPSA) is 9.23 Å². The van der Waals surface area contributed by atoms with E-state index in [1.165, 1.54) is 0 Å². The van der Waals surface area contributed by atoms with Crippen LogP contribution < -0.4 is 0 Å². The van der Waals surface area contributed by atoms with E-state index in [0.717, 1.165) is 0 Å². The van der Waals surface area contributed by atoms with E-state index in [1.807, 2.05) is 0 Å². The first kappa shape index (κ1) is 6.30. The highest BCUT2D eigenvalue weighted by atomic mass is 35.5. The normalized spacial score (nSPS) is 43.5. The van der Waals surface area contributed by atoms with Crippen LogP contribution in [0.25, 0.3) is 0 Å². The highest BCUT2D eigenvalue weighted by Gasteiger charge is 2.54. The zero-order valence-electron chi connectivity index (χ0n) is 4.87. The number of ether oxygens (including phenoxy) is 1. The molecule has 0 amide bonds. The molecule has 1 nitrogen and oxygen atoms in total. The van der Waals surface area contributed by atoms with Gasteiger partial charge >= 0.3 is 0 Å². The lowest BCUT2D eigenvalue weighted by molar-refractivity contribution is -0.211. The molecule has 1 aliphatic heterocycles. The maximum atomic E-state index is 12.6. The predicted molar refractivity (Wildman–Crippen MR) is 29.7 cm³/mol. The third-order valence-corrected chi connectivity index (χ3v) is 2.06. The number of halogens is 2. The summed E-state index contributed by atoms with van der Waals surface area (Å²) in [6.45, 7) is 3.27. The van der Waals surface area contributed by atoms with Gasteiger partial charge in [-0.25, -0.2) is 4.39 Å². The Kier molecular flexibility index (Phi) is 1.07. The van der Waals surface area contributed by atoms with Crippen LogP contribution in [0.2, 0.25) is 0 Å². The van der Waals surface area contributed by atoms with Crippen LogP contribution in [-0.2, 0) is 4.74 Å². The Bertz CT molecular complexity index is 97.0. The van der Waals surface area contributed by atoms with E-state index in [-0.39, 0.29) is 6.61 Å². The Morgan fingerprint density at radius 2 is 2.00 bits per heavy atom. The lowest BCUT2D eigenvalue weighted by Crippen LogP contribution is -2.58. The molecule has 1 unspecified atom stereocenters. The Morgan fingerprint density at radius 3 is 2.00 bits per heavy atom. The van der Waals surface area contributed by atoms with Crippen LogP contribution in [0.3, 0.4) is 0 Å². The number of alkyl halides is 2. The summed E-state index contributed by atoms with van der Waals surface area (Å²) in [5.41, 5.74) is -0.783. The second-order valence-corrected chi connectivity index (χ2v) is 3.10. The molecule has 1 rings (SSSR count). The zero-order valence-corrected chi connectivity index (χ0v) is 5.63. The van der Waals surface area contributed by atoms with Crippen molar-refractivity contribution < 1.29 is 9.13 Å². The van der Waals surface area contributed by atoms with Crippen LogP contribution in [0.15, 0.2) is 0 Å². The summed E-state index contributed by atoms with van der Waals surface area (Å²) < 4.78 is 17.4. The van der Waals surface area contributed by atoms with Crippen LogP contribution >= 0.6 is 11.6 Å². The van der Waals surface area contributed by atoms with Crippen molar-refractivity contribution in [3.8, 4) is 0 Å². The fraction of sp³-hybridized carbons (Fsp3) is 1.00. The molecule has 1 aliphatic rings. The molecule has 0 aromatic carbocycles. The van der Waals surface area contributed by atoms with Crippen LogP contribution in [0.5, 0.6) is 0 Å². The van der Waals surface area contributed by atoms with Crippen molar-refractivity contribution >= 4 is 11.6 Å². The molecule has 0 radical (unpaired) electrons. The van der Waals surface area contributed by atoms with E-state index in [2.05, 4.69) is 0 Å². The van der Waals surface area contributed by atoms with E-state index in [9.17, 15) is 4.39 Å². The maximum absolute atomic E-state index is 12.6. The molecule has 0 bridgehead atoms. The summed E-state index contributed by atoms with van der Waals surface area (Å²) >= 11 is 5.30. The van der Waals surface area contributed by atoms with Gasteiger partial charge in [0.05, 0.1) is 6.61 Å². The summed E-state index contributed by atoms with van der Waals surface area (Å²) in [4.78, 5) is 0. The molecule has 0 spiro atoms. The average molecular weight is 139 g/mol. The van der Waals surface area contributed by atoms with Crippen molar-refractivity contribution in [1.29, 1.82) is 0 Å². The van der Waals surface area contributed by atoms with E-state index in [4.69, 9.17) is 16.3 Å². The number of hydrogen-bond acceptors (Lipinski definition) is 1. The Balaban J connectivity index is 2.63. The van der Waals surface area contributed by atoms with Gasteiger partial charge in [-0.1, -0.05) is 11.6 Å². The van der Waals surface area contributed by atoms with Crippen molar-refractivity contribution in [2.24, 2.45) is 0 Å². The van der Waals surface area contributed by atoms with Gasteiger partial charge in [0.25, 0.3) is 0 Å². The predicted octanol–water partition coefficient (Wildman–Crippen LogP) is 1.70. The van der Waals surface area contributed by atoms with Gasteiger partial charge in [-0.15, -0.1) is 0 Å². The van der Waals surface area contributed by atoms with Gasteiger partial charge in [0.15, 0.2) is 0 Å². The average Bonchev–Trinajstić information content (AvgIpc) is 1.64. The van der Waals surface area contributed by atoms with Crippen molar-refractivity contribution in [2.75, 3.05) is 6.61 Å². The number of hydrogen-bond donors (Lipinski definition) is 0. The third kappa shape index (κ3) is 0.633. The number of rotatable bonds is 0. The molecule has 0 aromatic rings. The molecule has 8 heavy (non-hydrogen) atoms. The van der Waals surface area contributed by atoms with Crippen LogP contribution in [0.1, 0.15) is 13.8 Å². The summed E-state index contributed by atoms with van der Waals surface area (Å²) in [6, 6.07) is 0. The van der Waals surface area contributed by atoms with Gasteiger partial charge in [0.1, 0.15) is 5.60 Å². The highest BCUT2D eigenvalue weighted by molar-refractivity contribution is 6.24. The lowest BCUT2D eigenvalue weighted by atomic mass is 9.97. The quantitative estimate of drug-likeness (QED) is 0.463. The van der Waals surface area contributed by atoms with E-state index < -0.39 is 10.7 Å². The van der Waals surface area contributed by atoms with Gasteiger partial charge in [-0.05, 0) is 13.8 Å². The fourth-order valence-corrected chi connectivity index (χ4v) is 0.579. The third-order valence-electron chi connectivity index (χ3n) is 1.50. The molecule has 0 aliphatic carbocycles. The maximum Gasteiger partial charge on any atom is 0.234 e. The lowest BCUT2D eigenvalue weighted by Gasteiger charge is -2.45. The summed E-state index contributed by atoms with van der Waals surface area (Å²) in [5, 5.41) is -1.63. The van der Waals surface area contributed by atoms with E-state index in [0.29, 0.717) is 0 Å².